The highest BCUT2D eigenvalue weighted by atomic mass is 32.2. The number of carboxylic acid groups (broad SMARTS) is 2. The molecular formula is C18H23N3O8S. The van der Waals surface area contributed by atoms with Gasteiger partial charge in [0.15, 0.2) is 5.78 Å². The second kappa shape index (κ2) is 12.4. The van der Waals surface area contributed by atoms with Gasteiger partial charge < -0.3 is 31.7 Å². The summed E-state index contributed by atoms with van der Waals surface area (Å²) in [7, 11) is 0. The van der Waals surface area contributed by atoms with Crippen LogP contribution in [0.2, 0.25) is 0 Å². The quantitative estimate of drug-likeness (QED) is 0.210. The SMILES string of the molecule is N[C@@H](CCC(=O)N[C@H](CSCC(=O)c1ccc(O)cc1)C(=O)NCC(=O)O)C(=O)O. The zero-order valence-corrected chi connectivity index (χ0v) is 16.7. The van der Waals surface area contributed by atoms with Crippen molar-refractivity contribution in [3.05, 3.63) is 29.8 Å². The van der Waals surface area contributed by atoms with Crippen molar-refractivity contribution in [3.63, 3.8) is 0 Å². The molecule has 0 bridgehead atoms. The van der Waals surface area contributed by atoms with Crippen LogP contribution in [0.1, 0.15) is 23.2 Å². The number of thioether (sulfide) groups is 1. The molecule has 0 radical (unpaired) electrons. The molecule has 0 aliphatic carbocycles. The number of benzene rings is 1. The maximum absolute atomic E-state index is 12.2. The number of ketones is 1. The van der Waals surface area contributed by atoms with E-state index in [2.05, 4.69) is 10.6 Å². The molecule has 0 saturated heterocycles. The maximum Gasteiger partial charge on any atom is 0.322 e. The van der Waals surface area contributed by atoms with Crippen molar-refractivity contribution in [1.82, 2.24) is 10.6 Å². The Morgan fingerprint density at radius 1 is 1.07 bits per heavy atom. The van der Waals surface area contributed by atoms with Crippen LogP contribution in [0.15, 0.2) is 24.3 Å². The predicted molar refractivity (Wildman–Crippen MR) is 107 cm³/mol. The van der Waals surface area contributed by atoms with Crippen LogP contribution in [0.5, 0.6) is 5.75 Å². The predicted octanol–water partition coefficient (Wildman–Crippen LogP) is -0.814. The van der Waals surface area contributed by atoms with Gasteiger partial charge >= 0.3 is 11.9 Å². The molecular weight excluding hydrogens is 418 g/mol. The number of hydrogen-bond donors (Lipinski definition) is 6. The van der Waals surface area contributed by atoms with Crippen molar-refractivity contribution in [2.45, 2.75) is 24.9 Å². The van der Waals surface area contributed by atoms with E-state index >= 15 is 0 Å². The van der Waals surface area contributed by atoms with Crippen molar-refractivity contribution < 1.29 is 39.3 Å². The summed E-state index contributed by atoms with van der Waals surface area (Å²) in [5, 5.41) is 31.2. The van der Waals surface area contributed by atoms with E-state index in [9.17, 15) is 29.1 Å². The second-order valence-corrected chi connectivity index (χ2v) is 7.23. The van der Waals surface area contributed by atoms with Crippen LogP contribution in [0, 0.1) is 0 Å². The molecule has 0 saturated carbocycles. The average Bonchev–Trinajstić information content (AvgIpc) is 2.69. The summed E-state index contributed by atoms with van der Waals surface area (Å²) in [6.07, 6.45) is -0.385. The van der Waals surface area contributed by atoms with Crippen molar-refractivity contribution >= 4 is 41.3 Å². The van der Waals surface area contributed by atoms with E-state index in [4.69, 9.17) is 15.9 Å². The highest BCUT2D eigenvalue weighted by molar-refractivity contribution is 8.00. The van der Waals surface area contributed by atoms with Gasteiger partial charge in [-0.25, -0.2) is 0 Å². The van der Waals surface area contributed by atoms with Gasteiger partial charge in [-0.05, 0) is 30.7 Å². The Balaban J connectivity index is 2.63. The molecule has 30 heavy (non-hydrogen) atoms. The molecule has 0 aliphatic rings. The van der Waals surface area contributed by atoms with Gasteiger partial charge in [-0.1, -0.05) is 0 Å². The molecule has 0 fully saturated rings. The minimum Gasteiger partial charge on any atom is -0.508 e. The minimum atomic E-state index is -1.27. The summed E-state index contributed by atoms with van der Waals surface area (Å²) in [6, 6.07) is 3.26. The van der Waals surface area contributed by atoms with E-state index in [-0.39, 0.29) is 35.9 Å². The van der Waals surface area contributed by atoms with Gasteiger partial charge in [0.1, 0.15) is 24.4 Å². The van der Waals surface area contributed by atoms with Gasteiger partial charge in [-0.2, -0.15) is 11.8 Å². The third-order valence-electron chi connectivity index (χ3n) is 3.77. The fourth-order valence-electron chi connectivity index (χ4n) is 2.15. The number of rotatable bonds is 13. The topological polar surface area (TPSA) is 196 Å². The van der Waals surface area contributed by atoms with Crippen LogP contribution >= 0.6 is 11.8 Å². The third-order valence-corrected chi connectivity index (χ3v) is 4.81. The molecule has 0 aliphatic heterocycles. The fraction of sp³-hybridized carbons (Fsp3) is 0.389. The number of nitrogens with two attached hydrogens (primary N) is 1. The molecule has 7 N–H and O–H groups in total. The van der Waals surface area contributed by atoms with Crippen LogP contribution in [0.3, 0.4) is 0 Å². The largest absolute Gasteiger partial charge is 0.508 e. The fourth-order valence-corrected chi connectivity index (χ4v) is 3.09. The standard InChI is InChI=1S/C18H23N3O8S/c19-12(18(28)29)5-6-15(24)21-13(17(27)20-7-16(25)26)8-30-9-14(23)10-1-3-11(22)4-2-10/h1-4,12-13,22H,5-9,19H2,(H,20,27)(H,21,24)(H,25,26)(H,28,29)/t12-,13+/m0/s1. The molecule has 0 heterocycles. The lowest BCUT2D eigenvalue weighted by Crippen LogP contribution is -2.49. The molecule has 12 heteroatoms. The molecule has 164 valence electrons. The van der Waals surface area contributed by atoms with Crippen molar-refractivity contribution in [3.8, 4) is 5.75 Å². The van der Waals surface area contributed by atoms with Crippen molar-refractivity contribution in [2.75, 3.05) is 18.1 Å². The Hall–Kier alpha value is -3.12. The third kappa shape index (κ3) is 9.39. The van der Waals surface area contributed by atoms with Gasteiger partial charge in [0.2, 0.25) is 11.8 Å². The summed E-state index contributed by atoms with van der Waals surface area (Å²) >= 11 is 1.05. The number of aromatic hydroxyl groups is 1. The van der Waals surface area contributed by atoms with Gasteiger partial charge in [-0.3, -0.25) is 24.0 Å². The highest BCUT2D eigenvalue weighted by Gasteiger charge is 2.23. The average molecular weight is 441 g/mol. The van der Waals surface area contributed by atoms with Gasteiger partial charge in [0.05, 0.1) is 5.75 Å². The van der Waals surface area contributed by atoms with Crippen molar-refractivity contribution in [2.24, 2.45) is 5.73 Å². The number of phenolic OH excluding ortho intramolecular Hbond substituents is 1. The summed E-state index contributed by atoms with van der Waals surface area (Å²) in [5.41, 5.74) is 5.69. The summed E-state index contributed by atoms with van der Waals surface area (Å²) < 4.78 is 0. The van der Waals surface area contributed by atoms with Gasteiger partial charge in [0.25, 0.3) is 0 Å². The number of carbonyl (C=O) groups is 5. The number of nitrogens with one attached hydrogen (secondary N) is 2. The van der Waals surface area contributed by atoms with Crippen LogP contribution < -0.4 is 16.4 Å². The Labute approximate surface area is 176 Å². The Bertz CT molecular complexity index is 784. The molecule has 11 nitrogen and oxygen atoms in total. The number of carbonyl (C=O) groups excluding carboxylic acids is 3. The smallest absolute Gasteiger partial charge is 0.322 e. The van der Waals surface area contributed by atoms with Gasteiger partial charge in [-0.15, -0.1) is 0 Å². The summed E-state index contributed by atoms with van der Waals surface area (Å²) in [5.74, 6) is -4.20. The normalized spacial score (nSPS) is 12.4. The van der Waals surface area contributed by atoms with Crippen LogP contribution in [0.4, 0.5) is 0 Å². The van der Waals surface area contributed by atoms with E-state index in [1.54, 1.807) is 0 Å². The highest BCUT2D eigenvalue weighted by Crippen LogP contribution is 2.13. The number of amides is 2. The molecule has 2 atom stereocenters. The summed E-state index contributed by atoms with van der Waals surface area (Å²) in [6.45, 7) is -0.647. The Morgan fingerprint density at radius 3 is 2.27 bits per heavy atom. The second-order valence-electron chi connectivity index (χ2n) is 6.20. The lowest BCUT2D eigenvalue weighted by atomic mass is 10.1. The lowest BCUT2D eigenvalue weighted by molar-refractivity contribution is -0.139. The first-order valence-electron chi connectivity index (χ1n) is 8.77. The van der Waals surface area contributed by atoms with E-state index in [1.165, 1.54) is 24.3 Å². The number of carboxylic acids is 2. The van der Waals surface area contributed by atoms with E-state index in [0.29, 0.717) is 5.56 Å². The molecule has 0 aromatic heterocycles. The molecule has 1 rings (SSSR count). The van der Waals surface area contributed by atoms with Crippen LogP contribution in [-0.2, 0) is 19.2 Å². The van der Waals surface area contributed by atoms with Gasteiger partial charge in [0, 0.05) is 17.7 Å². The first-order chi connectivity index (χ1) is 14.1. The Kier molecular flexibility index (Phi) is 10.3. The van der Waals surface area contributed by atoms with E-state index in [1.807, 2.05) is 0 Å². The first-order valence-corrected chi connectivity index (χ1v) is 9.92. The zero-order valence-electron chi connectivity index (χ0n) is 15.9. The number of hydrogen-bond acceptors (Lipinski definition) is 8. The number of phenols is 1. The molecule has 1 aromatic rings. The van der Waals surface area contributed by atoms with Crippen LogP contribution in [0.25, 0.3) is 0 Å². The van der Waals surface area contributed by atoms with Crippen molar-refractivity contribution in [1.29, 1.82) is 0 Å². The van der Waals surface area contributed by atoms with E-state index in [0.717, 1.165) is 11.8 Å². The Morgan fingerprint density at radius 2 is 1.70 bits per heavy atom. The van der Waals surface area contributed by atoms with E-state index < -0.39 is 42.4 Å². The molecule has 0 spiro atoms. The monoisotopic (exact) mass is 441 g/mol. The first kappa shape index (κ1) is 24.9. The number of Topliss-reactive ketones (excluding diaryl/α,β-unsaturated/α-hetero) is 1. The molecule has 2 amide bonds. The maximum atomic E-state index is 12.2. The molecule has 0 unspecified atom stereocenters. The summed E-state index contributed by atoms with van der Waals surface area (Å²) in [4.78, 5) is 57.7. The molecule has 1 aromatic carbocycles. The number of aliphatic carboxylic acids is 2. The minimum absolute atomic E-state index is 0.0136. The zero-order chi connectivity index (χ0) is 22.7. The van der Waals surface area contributed by atoms with Crippen LogP contribution in [-0.4, -0.2) is 75.0 Å². The lowest BCUT2D eigenvalue weighted by Gasteiger charge is -2.18.